The Bertz CT molecular complexity index is 433. The zero-order valence-corrected chi connectivity index (χ0v) is 10.9. The zero-order chi connectivity index (χ0) is 13.8. The van der Waals surface area contributed by atoms with Crippen LogP contribution in [0, 0.1) is 11.2 Å². The molecule has 0 aromatic heterocycles. The molecule has 18 heavy (non-hydrogen) atoms. The first-order valence-corrected chi connectivity index (χ1v) is 5.70. The number of nitrogens with one attached hydrogen (secondary N) is 1. The standard InChI is InChI=1S/C13H19FN2O2/c1-13(2,12(15)17)8-16-7-9-5-4-6-10(18-3)11(9)14/h4-6,16H,7-8H2,1-3H3,(H2,15,17). The van der Waals surface area contributed by atoms with Crippen LogP contribution in [-0.2, 0) is 11.3 Å². The fourth-order valence-corrected chi connectivity index (χ4v) is 1.45. The highest BCUT2D eigenvalue weighted by molar-refractivity contribution is 5.80. The van der Waals surface area contributed by atoms with Crippen LogP contribution in [0.3, 0.4) is 0 Å². The molecule has 0 saturated heterocycles. The van der Waals surface area contributed by atoms with Gasteiger partial charge in [-0.2, -0.15) is 0 Å². The fourth-order valence-electron chi connectivity index (χ4n) is 1.45. The number of ether oxygens (including phenoxy) is 1. The van der Waals surface area contributed by atoms with E-state index >= 15 is 0 Å². The number of carbonyl (C=O) groups excluding carboxylic acids is 1. The van der Waals surface area contributed by atoms with Crippen LogP contribution in [0.15, 0.2) is 18.2 Å². The summed E-state index contributed by atoms with van der Waals surface area (Å²) < 4.78 is 18.7. The van der Waals surface area contributed by atoms with Crippen molar-refractivity contribution in [2.75, 3.05) is 13.7 Å². The molecular formula is C13H19FN2O2. The van der Waals surface area contributed by atoms with E-state index in [9.17, 15) is 9.18 Å². The Labute approximate surface area is 106 Å². The molecule has 0 aliphatic rings. The monoisotopic (exact) mass is 254 g/mol. The van der Waals surface area contributed by atoms with Gasteiger partial charge in [-0.25, -0.2) is 4.39 Å². The average Bonchev–Trinajstić information content (AvgIpc) is 2.31. The lowest BCUT2D eigenvalue weighted by molar-refractivity contribution is -0.125. The Balaban J connectivity index is 2.62. The van der Waals surface area contributed by atoms with E-state index in [-0.39, 0.29) is 17.5 Å². The number of rotatable bonds is 6. The Morgan fingerprint density at radius 1 is 1.50 bits per heavy atom. The molecule has 4 nitrogen and oxygen atoms in total. The number of methoxy groups -OCH3 is 1. The largest absolute Gasteiger partial charge is 0.494 e. The summed E-state index contributed by atoms with van der Waals surface area (Å²) in [6.45, 7) is 4.19. The Hall–Kier alpha value is -1.62. The lowest BCUT2D eigenvalue weighted by atomic mass is 9.93. The van der Waals surface area contributed by atoms with E-state index in [1.807, 2.05) is 0 Å². The van der Waals surface area contributed by atoms with Crippen LogP contribution in [0.5, 0.6) is 5.75 Å². The highest BCUT2D eigenvalue weighted by atomic mass is 19.1. The van der Waals surface area contributed by atoms with Crippen molar-refractivity contribution < 1.29 is 13.9 Å². The third-order valence-electron chi connectivity index (χ3n) is 2.81. The van der Waals surface area contributed by atoms with E-state index < -0.39 is 5.41 Å². The molecule has 0 saturated carbocycles. The highest BCUT2D eigenvalue weighted by Gasteiger charge is 2.24. The SMILES string of the molecule is COc1cccc(CNCC(C)(C)C(N)=O)c1F. The number of nitrogens with two attached hydrogens (primary N) is 1. The summed E-state index contributed by atoms with van der Waals surface area (Å²) >= 11 is 0. The van der Waals surface area contributed by atoms with E-state index in [4.69, 9.17) is 10.5 Å². The van der Waals surface area contributed by atoms with Crippen LogP contribution in [0.25, 0.3) is 0 Å². The van der Waals surface area contributed by atoms with Gasteiger partial charge >= 0.3 is 0 Å². The molecule has 1 amide bonds. The summed E-state index contributed by atoms with van der Waals surface area (Å²) in [6.07, 6.45) is 0. The van der Waals surface area contributed by atoms with E-state index in [2.05, 4.69) is 5.32 Å². The summed E-state index contributed by atoms with van der Waals surface area (Å²) in [4.78, 5) is 11.1. The fraction of sp³-hybridized carbons (Fsp3) is 0.462. The number of amides is 1. The molecule has 0 heterocycles. The van der Waals surface area contributed by atoms with Crippen LogP contribution in [0.2, 0.25) is 0 Å². The Morgan fingerprint density at radius 3 is 2.72 bits per heavy atom. The molecule has 1 aromatic carbocycles. The quantitative estimate of drug-likeness (QED) is 0.807. The molecule has 0 bridgehead atoms. The number of hydrogen-bond donors (Lipinski definition) is 2. The second-order valence-electron chi connectivity index (χ2n) is 4.79. The number of carbonyl (C=O) groups is 1. The minimum absolute atomic E-state index is 0.212. The smallest absolute Gasteiger partial charge is 0.224 e. The van der Waals surface area contributed by atoms with Gasteiger partial charge in [0.25, 0.3) is 0 Å². The third-order valence-corrected chi connectivity index (χ3v) is 2.81. The average molecular weight is 254 g/mol. The molecule has 3 N–H and O–H groups in total. The first-order valence-electron chi connectivity index (χ1n) is 5.70. The number of benzene rings is 1. The van der Waals surface area contributed by atoms with Crippen molar-refractivity contribution in [1.82, 2.24) is 5.32 Å². The molecule has 0 unspecified atom stereocenters. The van der Waals surface area contributed by atoms with Gasteiger partial charge in [-0.05, 0) is 19.9 Å². The van der Waals surface area contributed by atoms with Gasteiger partial charge in [-0.3, -0.25) is 4.79 Å². The first-order chi connectivity index (χ1) is 8.38. The maximum absolute atomic E-state index is 13.8. The van der Waals surface area contributed by atoms with E-state index in [0.717, 1.165) is 0 Å². The van der Waals surface area contributed by atoms with Crippen LogP contribution in [-0.4, -0.2) is 19.6 Å². The molecular weight excluding hydrogens is 235 g/mol. The van der Waals surface area contributed by atoms with E-state index in [1.54, 1.807) is 32.0 Å². The summed E-state index contributed by atoms with van der Waals surface area (Å²) in [7, 11) is 1.42. The van der Waals surface area contributed by atoms with Gasteiger partial charge in [0.2, 0.25) is 5.91 Å². The van der Waals surface area contributed by atoms with Crippen molar-refractivity contribution in [3.8, 4) is 5.75 Å². The summed E-state index contributed by atoms with van der Waals surface area (Å²) in [5.41, 5.74) is 5.09. The normalized spacial score (nSPS) is 11.3. The van der Waals surface area contributed by atoms with Gasteiger partial charge in [-0.15, -0.1) is 0 Å². The highest BCUT2D eigenvalue weighted by Crippen LogP contribution is 2.20. The van der Waals surface area contributed by atoms with Gasteiger partial charge in [-0.1, -0.05) is 12.1 Å². The molecule has 1 aromatic rings. The molecule has 0 aliphatic carbocycles. The predicted octanol–water partition coefficient (Wildman–Crippen LogP) is 1.44. The maximum atomic E-state index is 13.8. The molecule has 1 rings (SSSR count). The van der Waals surface area contributed by atoms with Crippen LogP contribution < -0.4 is 15.8 Å². The summed E-state index contributed by atoms with van der Waals surface area (Å²) in [5.74, 6) is -0.561. The summed E-state index contributed by atoms with van der Waals surface area (Å²) in [6, 6.07) is 4.95. The van der Waals surface area contributed by atoms with Gasteiger partial charge in [0, 0.05) is 18.7 Å². The van der Waals surface area contributed by atoms with E-state index in [0.29, 0.717) is 18.7 Å². The van der Waals surface area contributed by atoms with Crippen molar-refractivity contribution in [1.29, 1.82) is 0 Å². The lowest BCUT2D eigenvalue weighted by Crippen LogP contribution is -2.40. The maximum Gasteiger partial charge on any atom is 0.224 e. The number of halogens is 1. The number of hydrogen-bond acceptors (Lipinski definition) is 3. The van der Waals surface area contributed by atoms with Crippen LogP contribution in [0.4, 0.5) is 4.39 Å². The number of primary amides is 1. The zero-order valence-electron chi connectivity index (χ0n) is 10.9. The van der Waals surface area contributed by atoms with Gasteiger partial charge in [0.15, 0.2) is 11.6 Å². The van der Waals surface area contributed by atoms with Gasteiger partial charge in [0.05, 0.1) is 12.5 Å². The molecule has 5 heteroatoms. The molecule has 0 radical (unpaired) electrons. The molecule has 100 valence electrons. The predicted molar refractivity (Wildman–Crippen MR) is 67.6 cm³/mol. The van der Waals surface area contributed by atoms with Crippen molar-refractivity contribution in [2.45, 2.75) is 20.4 Å². The second-order valence-corrected chi connectivity index (χ2v) is 4.79. The topological polar surface area (TPSA) is 64.3 Å². The first kappa shape index (κ1) is 14.4. The van der Waals surface area contributed by atoms with Crippen LogP contribution >= 0.6 is 0 Å². The third kappa shape index (κ3) is 3.43. The van der Waals surface area contributed by atoms with Crippen LogP contribution in [0.1, 0.15) is 19.4 Å². The minimum Gasteiger partial charge on any atom is -0.494 e. The minimum atomic E-state index is -0.657. The van der Waals surface area contributed by atoms with Gasteiger partial charge < -0.3 is 15.8 Å². The van der Waals surface area contributed by atoms with Crippen molar-refractivity contribution in [3.63, 3.8) is 0 Å². The molecule has 0 spiro atoms. The Morgan fingerprint density at radius 2 is 2.17 bits per heavy atom. The van der Waals surface area contributed by atoms with E-state index in [1.165, 1.54) is 7.11 Å². The summed E-state index contributed by atoms with van der Waals surface area (Å²) in [5, 5.41) is 3.02. The lowest BCUT2D eigenvalue weighted by Gasteiger charge is -2.21. The van der Waals surface area contributed by atoms with Crippen molar-refractivity contribution in [2.24, 2.45) is 11.1 Å². The van der Waals surface area contributed by atoms with Gasteiger partial charge in [0.1, 0.15) is 0 Å². The Kier molecular flexibility index (Phi) is 4.67. The van der Waals surface area contributed by atoms with Crippen molar-refractivity contribution in [3.05, 3.63) is 29.6 Å². The second kappa shape index (κ2) is 5.82. The molecule has 0 fully saturated rings. The molecule has 0 atom stereocenters. The van der Waals surface area contributed by atoms with Crippen molar-refractivity contribution >= 4 is 5.91 Å². The molecule has 0 aliphatic heterocycles.